The van der Waals surface area contributed by atoms with E-state index in [0.717, 1.165) is 5.92 Å². The van der Waals surface area contributed by atoms with E-state index in [0.29, 0.717) is 5.92 Å². The molecule has 1 heterocycles. The van der Waals surface area contributed by atoms with E-state index in [-0.39, 0.29) is 0 Å². The van der Waals surface area contributed by atoms with Gasteiger partial charge < -0.3 is 4.90 Å². The summed E-state index contributed by atoms with van der Waals surface area (Å²) < 4.78 is 0. The molecule has 15 heavy (non-hydrogen) atoms. The Labute approximate surface area is 94.2 Å². The monoisotopic (exact) mass is 205 g/mol. The minimum absolute atomic E-state index is 0.427. The standard InChI is InChI=1S/C14H23N/c1-5-6-7-13(3)14(4)15-10-8-12(2)9-11-15/h5-7,12-13H,1,4,8-11H2,2-3H3/b7-6-. The molecule has 1 nitrogen and oxygen atoms in total. The van der Waals surface area contributed by atoms with E-state index in [1.165, 1.54) is 31.6 Å². The van der Waals surface area contributed by atoms with Gasteiger partial charge in [-0.15, -0.1) is 0 Å². The number of piperidine rings is 1. The van der Waals surface area contributed by atoms with Crippen molar-refractivity contribution in [3.05, 3.63) is 37.1 Å². The van der Waals surface area contributed by atoms with Gasteiger partial charge >= 0.3 is 0 Å². The van der Waals surface area contributed by atoms with Crippen LogP contribution in [-0.4, -0.2) is 18.0 Å². The second-order valence-electron chi connectivity index (χ2n) is 4.57. The van der Waals surface area contributed by atoms with Crippen LogP contribution in [0.25, 0.3) is 0 Å². The summed E-state index contributed by atoms with van der Waals surface area (Å²) in [6, 6.07) is 0. The quantitative estimate of drug-likeness (QED) is 0.634. The molecule has 1 rings (SSSR count). The fraction of sp³-hybridized carbons (Fsp3) is 0.571. The molecular weight excluding hydrogens is 182 g/mol. The smallest absolute Gasteiger partial charge is 0.0177 e. The summed E-state index contributed by atoms with van der Waals surface area (Å²) in [6.45, 7) is 14.8. The average molecular weight is 205 g/mol. The molecule has 0 aliphatic carbocycles. The third-order valence-electron chi connectivity index (χ3n) is 3.25. The zero-order chi connectivity index (χ0) is 11.3. The van der Waals surface area contributed by atoms with Crippen molar-refractivity contribution in [2.75, 3.05) is 13.1 Å². The van der Waals surface area contributed by atoms with Crippen LogP contribution in [0, 0.1) is 11.8 Å². The van der Waals surface area contributed by atoms with Gasteiger partial charge in [-0.05, 0) is 18.8 Å². The molecule has 1 atom stereocenters. The normalized spacial score (nSPS) is 20.5. The molecule has 0 saturated carbocycles. The fourth-order valence-corrected chi connectivity index (χ4v) is 1.94. The van der Waals surface area contributed by atoms with Gasteiger partial charge in [0, 0.05) is 24.7 Å². The molecule has 1 fully saturated rings. The van der Waals surface area contributed by atoms with Gasteiger partial charge in [0.25, 0.3) is 0 Å². The summed E-state index contributed by atoms with van der Waals surface area (Å²) in [5.74, 6) is 1.31. The van der Waals surface area contributed by atoms with E-state index in [4.69, 9.17) is 0 Å². The Morgan fingerprint density at radius 1 is 1.40 bits per heavy atom. The first kappa shape index (κ1) is 12.1. The lowest BCUT2D eigenvalue weighted by Crippen LogP contribution is -2.33. The number of hydrogen-bond acceptors (Lipinski definition) is 1. The summed E-state index contributed by atoms with van der Waals surface area (Å²) in [5.41, 5.74) is 1.25. The number of nitrogens with zero attached hydrogens (tertiary/aromatic N) is 1. The molecule has 0 bridgehead atoms. The van der Waals surface area contributed by atoms with Crippen LogP contribution in [0.5, 0.6) is 0 Å². The highest BCUT2D eigenvalue weighted by Gasteiger charge is 2.18. The van der Waals surface area contributed by atoms with Crippen molar-refractivity contribution in [1.82, 2.24) is 4.90 Å². The molecule has 0 aromatic heterocycles. The summed E-state index contributed by atoms with van der Waals surface area (Å²) in [4.78, 5) is 2.43. The van der Waals surface area contributed by atoms with Crippen LogP contribution in [-0.2, 0) is 0 Å². The Morgan fingerprint density at radius 2 is 2.00 bits per heavy atom. The molecule has 0 aromatic carbocycles. The highest BCUT2D eigenvalue weighted by Crippen LogP contribution is 2.23. The average Bonchev–Trinajstić information content (AvgIpc) is 2.26. The lowest BCUT2D eigenvalue weighted by Gasteiger charge is -2.35. The maximum atomic E-state index is 4.20. The summed E-state index contributed by atoms with van der Waals surface area (Å²) in [7, 11) is 0. The third kappa shape index (κ3) is 3.58. The zero-order valence-electron chi connectivity index (χ0n) is 10.1. The second-order valence-corrected chi connectivity index (χ2v) is 4.57. The molecule has 1 aliphatic rings. The Hall–Kier alpha value is -0.980. The summed E-state index contributed by atoms with van der Waals surface area (Å²) >= 11 is 0. The number of rotatable bonds is 4. The number of likely N-dealkylation sites (tertiary alicyclic amines) is 1. The molecule has 0 aromatic rings. The van der Waals surface area contributed by atoms with Crippen molar-refractivity contribution >= 4 is 0 Å². The van der Waals surface area contributed by atoms with E-state index >= 15 is 0 Å². The van der Waals surface area contributed by atoms with Crippen molar-refractivity contribution < 1.29 is 0 Å². The molecule has 1 aliphatic heterocycles. The third-order valence-corrected chi connectivity index (χ3v) is 3.25. The molecule has 1 heteroatoms. The van der Waals surface area contributed by atoms with E-state index in [1.807, 2.05) is 12.2 Å². The van der Waals surface area contributed by atoms with Gasteiger partial charge in [0.15, 0.2) is 0 Å². The van der Waals surface area contributed by atoms with Gasteiger partial charge in [0.05, 0.1) is 0 Å². The van der Waals surface area contributed by atoms with Gasteiger partial charge in [-0.1, -0.05) is 45.2 Å². The molecule has 1 unspecified atom stereocenters. The molecule has 1 saturated heterocycles. The number of allylic oxidation sites excluding steroid dienone is 3. The first-order chi connectivity index (χ1) is 7.15. The van der Waals surface area contributed by atoms with Crippen LogP contribution in [0.2, 0.25) is 0 Å². The fourth-order valence-electron chi connectivity index (χ4n) is 1.94. The highest BCUT2D eigenvalue weighted by atomic mass is 15.1. The largest absolute Gasteiger partial charge is 0.375 e. The van der Waals surface area contributed by atoms with E-state index in [2.05, 4.69) is 38.0 Å². The van der Waals surface area contributed by atoms with Crippen LogP contribution in [0.4, 0.5) is 0 Å². The molecular formula is C14H23N. The number of hydrogen-bond donors (Lipinski definition) is 0. The van der Waals surface area contributed by atoms with E-state index < -0.39 is 0 Å². The van der Waals surface area contributed by atoms with Crippen molar-refractivity contribution in [2.45, 2.75) is 26.7 Å². The Bertz CT molecular complexity index is 244. The van der Waals surface area contributed by atoms with Gasteiger partial charge in [-0.2, -0.15) is 0 Å². The Balaban J connectivity index is 2.46. The maximum absolute atomic E-state index is 4.20. The zero-order valence-corrected chi connectivity index (χ0v) is 10.1. The van der Waals surface area contributed by atoms with Crippen LogP contribution in [0.3, 0.4) is 0 Å². The minimum Gasteiger partial charge on any atom is -0.375 e. The van der Waals surface area contributed by atoms with Crippen molar-refractivity contribution in [3.8, 4) is 0 Å². The van der Waals surface area contributed by atoms with E-state index in [9.17, 15) is 0 Å². The first-order valence-corrected chi connectivity index (χ1v) is 5.88. The highest BCUT2D eigenvalue weighted by molar-refractivity contribution is 5.11. The van der Waals surface area contributed by atoms with Crippen LogP contribution < -0.4 is 0 Å². The second kappa shape index (κ2) is 5.79. The maximum Gasteiger partial charge on any atom is 0.0177 e. The van der Waals surface area contributed by atoms with Gasteiger partial charge in [0.1, 0.15) is 0 Å². The molecule has 0 radical (unpaired) electrons. The predicted octanol–water partition coefficient (Wildman–Crippen LogP) is 3.61. The topological polar surface area (TPSA) is 3.24 Å². The molecule has 0 N–H and O–H groups in total. The van der Waals surface area contributed by atoms with Crippen molar-refractivity contribution in [1.29, 1.82) is 0 Å². The SMILES string of the molecule is C=C/C=C\C(C)C(=C)N1CCC(C)CC1. The van der Waals surface area contributed by atoms with Crippen LogP contribution in [0.15, 0.2) is 37.1 Å². The molecule has 84 valence electrons. The van der Waals surface area contributed by atoms with Crippen LogP contribution in [0.1, 0.15) is 26.7 Å². The van der Waals surface area contributed by atoms with Gasteiger partial charge in [0.2, 0.25) is 0 Å². The summed E-state index contributed by atoms with van der Waals surface area (Å²) in [6.07, 6.45) is 8.59. The Morgan fingerprint density at radius 3 is 2.53 bits per heavy atom. The minimum atomic E-state index is 0.427. The Kier molecular flexibility index (Phi) is 4.67. The van der Waals surface area contributed by atoms with Gasteiger partial charge in [-0.3, -0.25) is 0 Å². The van der Waals surface area contributed by atoms with Crippen LogP contribution >= 0.6 is 0 Å². The lowest BCUT2D eigenvalue weighted by molar-refractivity contribution is 0.225. The van der Waals surface area contributed by atoms with Crippen molar-refractivity contribution in [3.63, 3.8) is 0 Å². The lowest BCUT2D eigenvalue weighted by atomic mass is 9.97. The van der Waals surface area contributed by atoms with Crippen molar-refractivity contribution in [2.24, 2.45) is 11.8 Å². The first-order valence-electron chi connectivity index (χ1n) is 5.88. The van der Waals surface area contributed by atoms with E-state index in [1.54, 1.807) is 0 Å². The van der Waals surface area contributed by atoms with Gasteiger partial charge in [-0.25, -0.2) is 0 Å². The molecule has 0 amide bonds. The predicted molar refractivity (Wildman–Crippen MR) is 67.6 cm³/mol. The summed E-state index contributed by atoms with van der Waals surface area (Å²) in [5, 5.41) is 0. The molecule has 0 spiro atoms.